The number of nitrogens with one attached hydrogen (secondary N) is 2. The molecule has 1 saturated carbocycles. The summed E-state index contributed by atoms with van der Waals surface area (Å²) in [6.07, 6.45) is 7.49. The Morgan fingerprint density at radius 1 is 1.25 bits per heavy atom. The summed E-state index contributed by atoms with van der Waals surface area (Å²) in [5.41, 5.74) is 8.97. The van der Waals surface area contributed by atoms with Crippen LogP contribution in [0, 0.1) is 5.92 Å². The largest absolute Gasteiger partial charge is 0.394 e. The maximum Gasteiger partial charge on any atom is 0.220 e. The molecule has 2 aromatic heterocycles. The fourth-order valence-electron chi connectivity index (χ4n) is 4.24. The Morgan fingerprint density at radius 3 is 2.84 bits per heavy atom. The average Bonchev–Trinajstić information content (AvgIpc) is 3.54. The number of aromatic nitrogens is 5. The van der Waals surface area contributed by atoms with E-state index in [1.54, 1.807) is 21.8 Å². The van der Waals surface area contributed by atoms with Crippen LogP contribution in [0.1, 0.15) is 25.0 Å². The van der Waals surface area contributed by atoms with Gasteiger partial charge in [-0.2, -0.15) is 9.78 Å². The van der Waals surface area contributed by atoms with E-state index in [1.807, 2.05) is 30.5 Å². The molecule has 1 aliphatic carbocycles. The standard InChI is InChI=1S/C21H25N9O2/c22-19(32)14-1-4-16(9-14)25-21-23-11-18-20(26-21)30(28-27-18)17-5-2-13(3-6-17)15-10-24-29(12-15)7-8-31/h2-3,5-6,10-12,14,16,21,25-26,31H,1,4,7-9H2,(H2,22,32). The van der Waals surface area contributed by atoms with Crippen molar-refractivity contribution in [3.63, 3.8) is 0 Å². The van der Waals surface area contributed by atoms with Crippen LogP contribution >= 0.6 is 0 Å². The number of hydrogen-bond acceptors (Lipinski definition) is 8. The molecule has 0 radical (unpaired) electrons. The van der Waals surface area contributed by atoms with Crippen molar-refractivity contribution < 1.29 is 9.90 Å². The Kier molecular flexibility index (Phi) is 5.41. The van der Waals surface area contributed by atoms with Gasteiger partial charge in [0.05, 0.1) is 31.3 Å². The van der Waals surface area contributed by atoms with Crippen molar-refractivity contribution >= 4 is 17.9 Å². The molecule has 1 amide bonds. The quantitative estimate of drug-likeness (QED) is 0.422. The smallest absolute Gasteiger partial charge is 0.220 e. The van der Waals surface area contributed by atoms with E-state index in [2.05, 4.69) is 31.0 Å². The summed E-state index contributed by atoms with van der Waals surface area (Å²) in [6.45, 7) is 0.520. The molecule has 3 atom stereocenters. The van der Waals surface area contributed by atoms with E-state index in [-0.39, 0.29) is 30.8 Å². The summed E-state index contributed by atoms with van der Waals surface area (Å²) < 4.78 is 3.46. The van der Waals surface area contributed by atoms with Gasteiger partial charge in [0.15, 0.2) is 12.1 Å². The first-order chi connectivity index (χ1) is 15.6. The molecule has 1 aromatic carbocycles. The van der Waals surface area contributed by atoms with Crippen LogP contribution in [-0.2, 0) is 11.3 Å². The summed E-state index contributed by atoms with van der Waals surface area (Å²) in [5, 5.41) is 28.6. The number of anilines is 1. The molecule has 0 spiro atoms. The molecule has 11 heteroatoms. The highest BCUT2D eigenvalue weighted by Crippen LogP contribution is 2.27. The molecular formula is C21H25N9O2. The molecule has 1 fully saturated rings. The van der Waals surface area contributed by atoms with Crippen LogP contribution in [0.2, 0.25) is 0 Å². The number of primary amides is 1. The van der Waals surface area contributed by atoms with Crippen molar-refractivity contribution in [2.75, 3.05) is 11.9 Å². The molecule has 3 heterocycles. The summed E-state index contributed by atoms with van der Waals surface area (Å²) in [5.74, 6) is 0.450. The predicted octanol–water partition coefficient (Wildman–Crippen LogP) is 0.495. The zero-order valence-electron chi connectivity index (χ0n) is 17.4. The third kappa shape index (κ3) is 3.99. The van der Waals surface area contributed by atoms with E-state index >= 15 is 0 Å². The Balaban J connectivity index is 1.29. The maximum atomic E-state index is 11.4. The number of amides is 1. The van der Waals surface area contributed by atoms with Gasteiger partial charge in [-0.15, -0.1) is 5.10 Å². The number of nitrogens with two attached hydrogens (primary N) is 1. The molecule has 2 aliphatic rings. The van der Waals surface area contributed by atoms with Crippen LogP contribution in [0.25, 0.3) is 16.8 Å². The molecule has 3 unspecified atom stereocenters. The summed E-state index contributed by atoms with van der Waals surface area (Å²) in [4.78, 5) is 15.9. The summed E-state index contributed by atoms with van der Waals surface area (Å²) in [7, 11) is 0. The third-order valence-corrected chi connectivity index (χ3v) is 5.95. The highest BCUT2D eigenvalue weighted by Gasteiger charge is 2.31. The second-order valence-corrected chi connectivity index (χ2v) is 8.10. The predicted molar refractivity (Wildman–Crippen MR) is 118 cm³/mol. The second-order valence-electron chi connectivity index (χ2n) is 8.10. The fraction of sp³-hybridized carbons (Fsp3) is 0.381. The number of aliphatic hydroxyl groups excluding tert-OH is 1. The maximum absolute atomic E-state index is 11.4. The number of aliphatic imine (C=N–C) groups is 1. The van der Waals surface area contributed by atoms with Gasteiger partial charge >= 0.3 is 0 Å². The van der Waals surface area contributed by atoms with Gasteiger partial charge in [0.1, 0.15) is 5.69 Å². The average molecular weight is 435 g/mol. The van der Waals surface area contributed by atoms with Crippen LogP contribution in [-0.4, -0.2) is 60.9 Å². The lowest BCUT2D eigenvalue weighted by atomic mass is 10.1. The highest BCUT2D eigenvalue weighted by atomic mass is 16.3. The van der Waals surface area contributed by atoms with E-state index < -0.39 is 0 Å². The number of hydrogen-bond donors (Lipinski definition) is 4. The van der Waals surface area contributed by atoms with Gasteiger partial charge in [-0.05, 0) is 37.0 Å². The molecule has 11 nitrogen and oxygen atoms in total. The van der Waals surface area contributed by atoms with E-state index in [1.165, 1.54) is 0 Å². The zero-order chi connectivity index (χ0) is 22.1. The Bertz CT molecular complexity index is 1130. The Labute approximate surface area is 184 Å². The Hall–Kier alpha value is -3.57. The van der Waals surface area contributed by atoms with Crippen molar-refractivity contribution in [1.29, 1.82) is 0 Å². The monoisotopic (exact) mass is 435 g/mol. The molecule has 32 heavy (non-hydrogen) atoms. The minimum absolute atomic E-state index is 0.0517. The van der Waals surface area contributed by atoms with Gasteiger partial charge < -0.3 is 16.2 Å². The molecule has 0 bridgehead atoms. The lowest BCUT2D eigenvalue weighted by molar-refractivity contribution is -0.121. The number of carbonyl (C=O) groups excluding carboxylic acids is 1. The lowest BCUT2D eigenvalue weighted by Crippen LogP contribution is -2.43. The first-order valence-electron chi connectivity index (χ1n) is 10.7. The second kappa shape index (κ2) is 8.52. The van der Waals surface area contributed by atoms with Gasteiger partial charge in [-0.3, -0.25) is 19.8 Å². The van der Waals surface area contributed by atoms with Gasteiger partial charge in [0.2, 0.25) is 5.91 Å². The van der Waals surface area contributed by atoms with Gasteiger partial charge in [-0.1, -0.05) is 17.3 Å². The van der Waals surface area contributed by atoms with Crippen LogP contribution in [0.15, 0.2) is 41.7 Å². The third-order valence-electron chi connectivity index (χ3n) is 5.95. The van der Waals surface area contributed by atoms with Crippen LogP contribution < -0.4 is 16.4 Å². The summed E-state index contributed by atoms with van der Waals surface area (Å²) in [6, 6.07) is 8.12. The number of nitrogens with zero attached hydrogens (tertiary/aromatic N) is 6. The van der Waals surface area contributed by atoms with Crippen molar-refractivity contribution in [2.24, 2.45) is 16.6 Å². The molecule has 3 aromatic rings. The number of carbonyl (C=O) groups is 1. The lowest BCUT2D eigenvalue weighted by Gasteiger charge is -2.24. The van der Waals surface area contributed by atoms with Crippen molar-refractivity contribution in [2.45, 2.75) is 38.1 Å². The number of rotatable bonds is 7. The van der Waals surface area contributed by atoms with E-state index in [0.29, 0.717) is 12.2 Å². The van der Waals surface area contributed by atoms with Gasteiger partial charge in [0, 0.05) is 23.7 Å². The Morgan fingerprint density at radius 2 is 2.09 bits per heavy atom. The van der Waals surface area contributed by atoms with Crippen molar-refractivity contribution in [3.05, 3.63) is 42.4 Å². The minimum atomic E-state index is -0.326. The molecule has 5 rings (SSSR count). The SMILES string of the molecule is NC(=O)C1CCC(NC2N=Cc3nnn(-c4ccc(-c5cnn(CCO)c5)cc4)c3N2)C1. The molecule has 166 valence electrons. The summed E-state index contributed by atoms with van der Waals surface area (Å²) >= 11 is 0. The molecule has 1 aliphatic heterocycles. The molecule has 5 N–H and O–H groups in total. The molecular weight excluding hydrogens is 410 g/mol. The van der Waals surface area contributed by atoms with Crippen molar-refractivity contribution in [3.8, 4) is 16.8 Å². The number of benzene rings is 1. The topological polar surface area (TPSA) is 148 Å². The minimum Gasteiger partial charge on any atom is -0.394 e. The molecule has 0 saturated heterocycles. The number of fused-ring (bicyclic) bond motifs is 1. The van der Waals surface area contributed by atoms with Crippen LogP contribution in [0.5, 0.6) is 0 Å². The van der Waals surface area contributed by atoms with E-state index in [9.17, 15) is 4.79 Å². The first kappa shape index (κ1) is 20.3. The first-order valence-corrected chi connectivity index (χ1v) is 10.7. The zero-order valence-corrected chi connectivity index (χ0v) is 17.4. The van der Waals surface area contributed by atoms with Crippen LogP contribution in [0.4, 0.5) is 5.82 Å². The van der Waals surface area contributed by atoms with Gasteiger partial charge in [-0.25, -0.2) is 0 Å². The highest BCUT2D eigenvalue weighted by molar-refractivity contribution is 5.86. The van der Waals surface area contributed by atoms with Crippen molar-refractivity contribution in [1.82, 2.24) is 30.1 Å². The van der Waals surface area contributed by atoms with Gasteiger partial charge in [0.25, 0.3) is 0 Å². The van der Waals surface area contributed by atoms with Crippen LogP contribution in [0.3, 0.4) is 0 Å². The van der Waals surface area contributed by atoms with E-state index in [4.69, 9.17) is 10.8 Å². The van der Waals surface area contributed by atoms with E-state index in [0.717, 1.165) is 41.9 Å². The fourth-order valence-corrected chi connectivity index (χ4v) is 4.24. The normalized spacial score (nSPS) is 22.0. The number of aliphatic hydroxyl groups is 1.